The number of amides is 1. The highest BCUT2D eigenvalue weighted by Gasteiger charge is 2.27. The molecule has 1 aliphatic heterocycles. The topological polar surface area (TPSA) is 71.8 Å². The van der Waals surface area contributed by atoms with Crippen LogP contribution < -0.4 is 10.6 Å². The maximum atomic E-state index is 12.5. The molecule has 1 aliphatic rings. The van der Waals surface area contributed by atoms with Crippen LogP contribution in [0.2, 0.25) is 0 Å². The Morgan fingerprint density at radius 1 is 1.38 bits per heavy atom. The molecule has 21 heavy (non-hydrogen) atoms. The number of aromatic nitrogens is 3. The molecule has 1 aromatic rings. The lowest BCUT2D eigenvalue weighted by atomic mass is 9.95. The fourth-order valence-corrected chi connectivity index (χ4v) is 2.71. The van der Waals surface area contributed by atoms with E-state index < -0.39 is 0 Å². The van der Waals surface area contributed by atoms with E-state index in [1.807, 2.05) is 11.6 Å². The smallest absolute Gasteiger partial charge is 0.274 e. The first kappa shape index (κ1) is 15.9. The van der Waals surface area contributed by atoms with Crippen LogP contribution in [0.5, 0.6) is 0 Å². The van der Waals surface area contributed by atoms with Crippen molar-refractivity contribution >= 4 is 5.91 Å². The number of hydrogen-bond acceptors (Lipinski definition) is 4. The van der Waals surface area contributed by atoms with Crippen molar-refractivity contribution in [3.05, 3.63) is 11.4 Å². The molecular formula is C15H27N5O. The monoisotopic (exact) mass is 293 g/mol. The number of nitrogens with zero attached hydrogens (tertiary/aromatic N) is 3. The van der Waals surface area contributed by atoms with Gasteiger partial charge in [-0.25, -0.2) is 4.68 Å². The third-order valence-corrected chi connectivity index (χ3v) is 4.77. The second kappa shape index (κ2) is 6.56. The number of piperidine rings is 1. The lowest BCUT2D eigenvalue weighted by molar-refractivity contribution is 0.0895. The lowest BCUT2D eigenvalue weighted by Gasteiger charge is -2.28. The summed E-state index contributed by atoms with van der Waals surface area (Å²) in [6.45, 7) is 10.2. The van der Waals surface area contributed by atoms with Crippen LogP contribution in [0.15, 0.2) is 0 Å². The Morgan fingerprint density at radius 2 is 2.00 bits per heavy atom. The molecule has 0 aromatic carbocycles. The Balaban J connectivity index is 2.14. The van der Waals surface area contributed by atoms with Gasteiger partial charge < -0.3 is 10.6 Å². The van der Waals surface area contributed by atoms with Crippen molar-refractivity contribution in [2.45, 2.75) is 65.0 Å². The lowest BCUT2D eigenvalue weighted by Crippen LogP contribution is -2.45. The van der Waals surface area contributed by atoms with Crippen LogP contribution in [0, 0.1) is 6.92 Å². The van der Waals surface area contributed by atoms with Crippen LogP contribution in [0.3, 0.4) is 0 Å². The van der Waals surface area contributed by atoms with Gasteiger partial charge in [0.2, 0.25) is 0 Å². The summed E-state index contributed by atoms with van der Waals surface area (Å²) in [5, 5.41) is 14.8. The summed E-state index contributed by atoms with van der Waals surface area (Å²) in [5.41, 5.74) is 1.15. The van der Waals surface area contributed by atoms with Gasteiger partial charge in [0.1, 0.15) is 0 Å². The molecule has 6 heteroatoms. The van der Waals surface area contributed by atoms with Crippen LogP contribution in [0.25, 0.3) is 0 Å². The third-order valence-electron chi connectivity index (χ3n) is 4.77. The van der Waals surface area contributed by atoms with Gasteiger partial charge in [0.15, 0.2) is 5.69 Å². The second-order valence-electron chi connectivity index (χ2n) is 6.17. The molecule has 0 bridgehead atoms. The molecule has 118 valence electrons. The van der Waals surface area contributed by atoms with Gasteiger partial charge >= 0.3 is 0 Å². The number of nitrogens with one attached hydrogen (secondary N) is 2. The highest BCUT2D eigenvalue weighted by Crippen LogP contribution is 2.21. The Hall–Kier alpha value is -1.43. The first-order chi connectivity index (χ1) is 10.0. The molecule has 0 saturated carbocycles. The Labute approximate surface area is 126 Å². The van der Waals surface area contributed by atoms with Crippen LogP contribution in [-0.2, 0) is 0 Å². The summed E-state index contributed by atoms with van der Waals surface area (Å²) in [7, 11) is 0. The van der Waals surface area contributed by atoms with Crippen molar-refractivity contribution in [3.63, 3.8) is 0 Å². The van der Waals surface area contributed by atoms with Gasteiger partial charge in [-0.1, -0.05) is 19.1 Å². The van der Waals surface area contributed by atoms with E-state index in [-0.39, 0.29) is 11.4 Å². The summed E-state index contributed by atoms with van der Waals surface area (Å²) in [6, 6.07) is 0.351. The Kier molecular flexibility index (Phi) is 4.98. The molecule has 0 aliphatic carbocycles. The first-order valence-electron chi connectivity index (χ1n) is 7.95. The molecule has 2 rings (SSSR count). The van der Waals surface area contributed by atoms with Crippen molar-refractivity contribution in [2.24, 2.45) is 0 Å². The van der Waals surface area contributed by atoms with E-state index in [2.05, 4.69) is 41.7 Å². The van der Waals surface area contributed by atoms with Crippen LogP contribution in [-0.4, -0.2) is 39.5 Å². The van der Waals surface area contributed by atoms with E-state index in [0.29, 0.717) is 11.7 Å². The molecule has 0 atom stereocenters. The summed E-state index contributed by atoms with van der Waals surface area (Å²) < 4.78 is 1.92. The average Bonchev–Trinajstić information content (AvgIpc) is 2.89. The molecule has 6 nitrogen and oxygen atoms in total. The van der Waals surface area contributed by atoms with Crippen molar-refractivity contribution in [1.29, 1.82) is 0 Å². The minimum absolute atomic E-state index is 0.112. The molecule has 1 aromatic heterocycles. The predicted octanol–water partition coefficient (Wildman–Crippen LogP) is 1.82. The molecular weight excluding hydrogens is 266 g/mol. The second-order valence-corrected chi connectivity index (χ2v) is 6.17. The van der Waals surface area contributed by atoms with E-state index >= 15 is 0 Å². The van der Waals surface area contributed by atoms with E-state index in [1.54, 1.807) is 0 Å². The van der Waals surface area contributed by atoms with Crippen molar-refractivity contribution in [1.82, 2.24) is 25.6 Å². The van der Waals surface area contributed by atoms with Gasteiger partial charge in [-0.2, -0.15) is 0 Å². The van der Waals surface area contributed by atoms with Gasteiger partial charge in [-0.3, -0.25) is 4.79 Å². The number of hydrogen-bond donors (Lipinski definition) is 2. The first-order valence-corrected chi connectivity index (χ1v) is 7.95. The molecule has 1 amide bonds. The fourth-order valence-electron chi connectivity index (χ4n) is 2.71. The molecule has 2 N–H and O–H groups in total. The van der Waals surface area contributed by atoms with Gasteiger partial charge in [0.05, 0.1) is 11.7 Å². The van der Waals surface area contributed by atoms with E-state index in [9.17, 15) is 4.79 Å². The summed E-state index contributed by atoms with van der Waals surface area (Å²) in [6.07, 6.45) is 3.87. The van der Waals surface area contributed by atoms with Crippen molar-refractivity contribution in [2.75, 3.05) is 13.1 Å². The normalized spacial score (nSPS) is 17.0. The maximum Gasteiger partial charge on any atom is 0.274 e. The van der Waals surface area contributed by atoms with E-state index in [1.165, 1.54) is 0 Å². The molecule has 0 unspecified atom stereocenters. The summed E-state index contributed by atoms with van der Waals surface area (Å²) >= 11 is 0. The quantitative estimate of drug-likeness (QED) is 0.868. The standard InChI is InChI=1S/C15H27N5O/c1-5-15(4,6-2)17-14(21)13-11(3)20(19-18-13)12-7-9-16-10-8-12/h12,16H,5-10H2,1-4H3,(H,17,21). The van der Waals surface area contributed by atoms with Gasteiger partial charge in [0.25, 0.3) is 5.91 Å². The highest BCUT2D eigenvalue weighted by atomic mass is 16.2. The predicted molar refractivity (Wildman–Crippen MR) is 82.4 cm³/mol. The third kappa shape index (κ3) is 3.43. The summed E-state index contributed by atoms with van der Waals surface area (Å²) in [4.78, 5) is 12.5. The SMILES string of the molecule is CCC(C)(CC)NC(=O)c1nnn(C2CCNCC2)c1C. The van der Waals surface area contributed by atoms with Gasteiger partial charge in [-0.05, 0) is 52.6 Å². The minimum atomic E-state index is -0.179. The van der Waals surface area contributed by atoms with Crippen LogP contribution in [0.1, 0.15) is 68.7 Å². The fraction of sp³-hybridized carbons (Fsp3) is 0.800. The number of carbonyl (C=O) groups is 1. The highest BCUT2D eigenvalue weighted by molar-refractivity contribution is 5.93. The van der Waals surface area contributed by atoms with Crippen LogP contribution in [0.4, 0.5) is 0 Å². The van der Waals surface area contributed by atoms with Crippen molar-refractivity contribution < 1.29 is 4.79 Å². The minimum Gasteiger partial charge on any atom is -0.345 e. The Morgan fingerprint density at radius 3 is 2.57 bits per heavy atom. The molecule has 2 heterocycles. The van der Waals surface area contributed by atoms with Gasteiger partial charge in [-0.15, -0.1) is 5.10 Å². The average molecular weight is 293 g/mol. The zero-order valence-corrected chi connectivity index (χ0v) is 13.6. The molecule has 1 fully saturated rings. The summed E-state index contributed by atoms with van der Waals surface area (Å²) in [5.74, 6) is -0.112. The zero-order chi connectivity index (χ0) is 15.5. The molecule has 0 radical (unpaired) electrons. The van der Waals surface area contributed by atoms with E-state index in [0.717, 1.165) is 44.5 Å². The molecule has 0 spiro atoms. The van der Waals surface area contributed by atoms with E-state index in [4.69, 9.17) is 0 Å². The Bertz CT molecular complexity index is 486. The molecule has 1 saturated heterocycles. The number of carbonyl (C=O) groups excluding carboxylic acids is 1. The van der Waals surface area contributed by atoms with Gasteiger partial charge in [0, 0.05) is 5.54 Å². The maximum absolute atomic E-state index is 12.5. The zero-order valence-electron chi connectivity index (χ0n) is 13.6. The number of rotatable bonds is 5. The van der Waals surface area contributed by atoms with Crippen molar-refractivity contribution in [3.8, 4) is 0 Å². The van der Waals surface area contributed by atoms with Crippen LogP contribution >= 0.6 is 0 Å². The largest absolute Gasteiger partial charge is 0.345 e.